The highest BCUT2D eigenvalue weighted by atomic mass is 16.8. The maximum atomic E-state index is 12.7. The number of ether oxygens (including phenoxy) is 5. The van der Waals surface area contributed by atoms with E-state index in [0.29, 0.717) is 11.1 Å². The number of aliphatic hydroxyl groups excluding tert-OH is 4. The number of carbonyl (C=O) groups excluding carboxylic acids is 2. The van der Waals surface area contributed by atoms with Crippen LogP contribution < -0.4 is 0 Å². The first-order valence-corrected chi connectivity index (χ1v) is 11.8. The van der Waals surface area contributed by atoms with E-state index in [0.717, 1.165) is 13.4 Å². The van der Waals surface area contributed by atoms with Crippen LogP contribution in [0.3, 0.4) is 0 Å². The van der Waals surface area contributed by atoms with E-state index in [4.69, 9.17) is 23.7 Å². The number of rotatable bonds is 9. The molecule has 0 aliphatic carbocycles. The third kappa shape index (κ3) is 6.62. The summed E-state index contributed by atoms with van der Waals surface area (Å²) < 4.78 is 26.7. The molecule has 3 rings (SSSR count). The van der Waals surface area contributed by atoms with Crippen molar-refractivity contribution in [2.24, 2.45) is 5.92 Å². The van der Waals surface area contributed by atoms with E-state index in [2.05, 4.69) is 0 Å². The lowest BCUT2D eigenvalue weighted by molar-refractivity contribution is -0.327. The van der Waals surface area contributed by atoms with Gasteiger partial charge in [-0.2, -0.15) is 0 Å². The second-order valence-electron chi connectivity index (χ2n) is 8.71. The van der Waals surface area contributed by atoms with E-state index in [1.54, 1.807) is 19.1 Å². The molecule has 0 bridgehead atoms. The maximum absolute atomic E-state index is 12.7. The molecule has 2 aliphatic rings. The molecule has 0 aromatic heterocycles. The molecule has 2 heterocycles. The molecule has 2 aliphatic heterocycles. The predicted octanol–water partition coefficient (Wildman–Crippen LogP) is -0.634. The van der Waals surface area contributed by atoms with Crippen molar-refractivity contribution in [2.45, 2.75) is 56.8 Å². The fourth-order valence-corrected chi connectivity index (χ4v) is 4.16. The molecule has 0 spiro atoms. The summed E-state index contributed by atoms with van der Waals surface area (Å²) in [5.41, 5.74) is 0.927. The van der Waals surface area contributed by atoms with Gasteiger partial charge in [-0.25, -0.2) is 4.79 Å². The molecule has 1 aromatic carbocycles. The van der Waals surface area contributed by atoms with Crippen molar-refractivity contribution in [3.63, 3.8) is 0 Å². The van der Waals surface area contributed by atoms with Gasteiger partial charge in [0.2, 0.25) is 6.29 Å². The van der Waals surface area contributed by atoms with Gasteiger partial charge in [-0.05, 0) is 24.6 Å². The molecule has 38 heavy (non-hydrogen) atoms. The van der Waals surface area contributed by atoms with E-state index < -0.39 is 61.5 Å². The summed E-state index contributed by atoms with van der Waals surface area (Å²) in [4.78, 5) is 25.1. The number of allylic oxidation sites excluding steroid dienone is 1. The average Bonchev–Trinajstić information content (AvgIpc) is 2.90. The number of benzene rings is 1. The Morgan fingerprint density at radius 1 is 1.08 bits per heavy atom. The number of carbonyl (C=O) groups is 2. The normalized spacial score (nSPS) is 30.3. The molecular formula is C25H32O13. The SMILES string of the molecule is C/C=C1/[C@H](OC2OC(CO)C(O)C(O)C2O)OC=C(C(=O)OC)[C@H]1CC(=O)OCCc1ccc(O)c(O)c1. The minimum Gasteiger partial charge on any atom is -0.504 e. The fraction of sp³-hybridized carbons (Fsp3) is 0.520. The van der Waals surface area contributed by atoms with Gasteiger partial charge in [0.05, 0.1) is 38.6 Å². The first-order valence-electron chi connectivity index (χ1n) is 11.8. The molecular weight excluding hydrogens is 508 g/mol. The zero-order chi connectivity index (χ0) is 28.0. The molecule has 0 saturated carbocycles. The minimum absolute atomic E-state index is 0.00894. The Labute approximate surface area is 218 Å². The van der Waals surface area contributed by atoms with Gasteiger partial charge in [0.15, 0.2) is 17.8 Å². The highest BCUT2D eigenvalue weighted by molar-refractivity contribution is 5.90. The highest BCUT2D eigenvalue weighted by Crippen LogP contribution is 2.36. The van der Waals surface area contributed by atoms with Crippen LogP contribution in [0, 0.1) is 5.92 Å². The van der Waals surface area contributed by atoms with Crippen molar-refractivity contribution >= 4 is 11.9 Å². The van der Waals surface area contributed by atoms with Crippen molar-refractivity contribution in [2.75, 3.05) is 20.3 Å². The van der Waals surface area contributed by atoms with Gasteiger partial charge in [0, 0.05) is 17.9 Å². The lowest BCUT2D eigenvalue weighted by Gasteiger charge is -2.41. The van der Waals surface area contributed by atoms with E-state index >= 15 is 0 Å². The monoisotopic (exact) mass is 540 g/mol. The Hall–Kier alpha value is -3.20. The Morgan fingerprint density at radius 3 is 2.45 bits per heavy atom. The van der Waals surface area contributed by atoms with E-state index in [-0.39, 0.29) is 36.5 Å². The van der Waals surface area contributed by atoms with Gasteiger partial charge in [0.25, 0.3) is 0 Å². The smallest absolute Gasteiger partial charge is 0.337 e. The van der Waals surface area contributed by atoms with E-state index in [1.807, 2.05) is 0 Å². The second kappa shape index (κ2) is 13.0. The summed E-state index contributed by atoms with van der Waals surface area (Å²) in [5.74, 6) is -2.89. The number of hydrogen-bond donors (Lipinski definition) is 6. The number of aliphatic hydroxyl groups is 4. The van der Waals surface area contributed by atoms with Crippen LogP contribution in [0.25, 0.3) is 0 Å². The van der Waals surface area contributed by atoms with Crippen LogP contribution in [0.1, 0.15) is 18.9 Å². The van der Waals surface area contributed by atoms with Crippen LogP contribution in [0.5, 0.6) is 11.5 Å². The third-order valence-electron chi connectivity index (χ3n) is 6.29. The Kier molecular flexibility index (Phi) is 10.1. The second-order valence-corrected chi connectivity index (χ2v) is 8.71. The maximum Gasteiger partial charge on any atom is 0.337 e. The molecule has 0 radical (unpaired) electrons. The minimum atomic E-state index is -1.69. The third-order valence-corrected chi connectivity index (χ3v) is 6.29. The molecule has 6 N–H and O–H groups in total. The van der Waals surface area contributed by atoms with Crippen LogP contribution in [-0.4, -0.2) is 99.9 Å². The van der Waals surface area contributed by atoms with Crippen LogP contribution in [0.2, 0.25) is 0 Å². The fourth-order valence-electron chi connectivity index (χ4n) is 4.16. The Balaban J connectivity index is 1.71. The first-order chi connectivity index (χ1) is 18.1. The summed E-state index contributed by atoms with van der Waals surface area (Å²) in [5, 5.41) is 58.8. The lowest BCUT2D eigenvalue weighted by atomic mass is 9.86. The van der Waals surface area contributed by atoms with Crippen LogP contribution in [0.15, 0.2) is 41.7 Å². The van der Waals surface area contributed by atoms with Gasteiger partial charge >= 0.3 is 11.9 Å². The Bertz CT molecular complexity index is 1050. The quantitative estimate of drug-likeness (QED) is 0.131. The first kappa shape index (κ1) is 29.4. The summed E-state index contributed by atoms with van der Waals surface area (Å²) in [6, 6.07) is 4.23. The van der Waals surface area contributed by atoms with Crippen molar-refractivity contribution in [1.29, 1.82) is 0 Å². The van der Waals surface area contributed by atoms with E-state index in [1.165, 1.54) is 12.1 Å². The zero-order valence-electron chi connectivity index (χ0n) is 20.8. The standard InChI is InChI=1S/C25H32O13/c1-3-13-14(9-19(29)35-7-6-12-4-5-16(27)17(28)8-12)15(23(33)34-2)11-36-24(13)38-25-22(32)21(31)20(30)18(10-26)37-25/h3-5,8,11,14,18,20-22,24-28,30-32H,6-7,9-10H2,1-2H3/b13-3+/t14-,18?,20?,21?,22?,24-,25?/m0/s1. The number of phenolic OH excluding ortho intramolecular Hbond substituents is 2. The number of aromatic hydroxyl groups is 2. The summed E-state index contributed by atoms with van der Waals surface area (Å²) in [6.45, 7) is 0.912. The molecule has 1 aromatic rings. The molecule has 5 unspecified atom stereocenters. The lowest BCUT2D eigenvalue weighted by Crippen LogP contribution is -2.60. The van der Waals surface area contributed by atoms with Crippen molar-refractivity contribution in [1.82, 2.24) is 0 Å². The molecule has 210 valence electrons. The highest BCUT2D eigenvalue weighted by Gasteiger charge is 2.46. The van der Waals surface area contributed by atoms with Crippen LogP contribution in [-0.2, 0) is 39.7 Å². The molecule has 0 amide bonds. The largest absolute Gasteiger partial charge is 0.504 e. The van der Waals surface area contributed by atoms with Gasteiger partial charge in [0.1, 0.15) is 24.4 Å². The van der Waals surface area contributed by atoms with Gasteiger partial charge < -0.3 is 54.3 Å². The molecule has 13 nitrogen and oxygen atoms in total. The Morgan fingerprint density at radius 2 is 1.82 bits per heavy atom. The average molecular weight is 541 g/mol. The molecule has 1 fully saturated rings. The number of hydrogen-bond acceptors (Lipinski definition) is 13. The number of phenols is 2. The van der Waals surface area contributed by atoms with Gasteiger partial charge in [-0.15, -0.1) is 0 Å². The molecule has 1 saturated heterocycles. The molecule has 13 heteroatoms. The predicted molar refractivity (Wildman–Crippen MR) is 126 cm³/mol. The summed E-state index contributed by atoms with van der Waals surface area (Å²) in [6.07, 6.45) is -6.39. The van der Waals surface area contributed by atoms with Gasteiger partial charge in [-0.3, -0.25) is 4.79 Å². The summed E-state index contributed by atoms with van der Waals surface area (Å²) in [7, 11) is 1.16. The number of methoxy groups -OCH3 is 1. The number of esters is 2. The van der Waals surface area contributed by atoms with Crippen molar-refractivity contribution in [3.8, 4) is 11.5 Å². The van der Waals surface area contributed by atoms with E-state index in [9.17, 15) is 40.2 Å². The summed E-state index contributed by atoms with van der Waals surface area (Å²) >= 11 is 0. The van der Waals surface area contributed by atoms with Gasteiger partial charge in [-0.1, -0.05) is 12.1 Å². The topological polar surface area (TPSA) is 202 Å². The van der Waals surface area contributed by atoms with Crippen LogP contribution in [0.4, 0.5) is 0 Å². The molecule has 7 atom stereocenters. The van der Waals surface area contributed by atoms with Crippen molar-refractivity contribution in [3.05, 3.63) is 47.2 Å². The zero-order valence-corrected chi connectivity index (χ0v) is 20.8. The van der Waals surface area contributed by atoms with Crippen molar-refractivity contribution < 1.29 is 63.9 Å². The van der Waals surface area contributed by atoms with Crippen LogP contribution >= 0.6 is 0 Å².